The molecule has 1 unspecified atom stereocenters. The molecule has 7 nitrogen and oxygen atoms in total. The highest BCUT2D eigenvalue weighted by atomic mass is 16.5. The Bertz CT molecular complexity index is 1800. The van der Waals surface area contributed by atoms with Crippen LogP contribution < -0.4 is 0 Å². The van der Waals surface area contributed by atoms with Crippen molar-refractivity contribution in [3.8, 4) is 12.1 Å². The molecule has 0 radical (unpaired) electrons. The highest BCUT2D eigenvalue weighted by Crippen LogP contribution is 2.32. The molecule has 0 saturated carbocycles. The van der Waals surface area contributed by atoms with Crippen LogP contribution in [-0.2, 0) is 29.2 Å². The first-order valence-corrected chi connectivity index (χ1v) is 28.7. The molecule has 0 aliphatic heterocycles. The van der Waals surface area contributed by atoms with Gasteiger partial charge in [0.2, 0.25) is 0 Å². The molecule has 0 bridgehead atoms. The van der Waals surface area contributed by atoms with Crippen LogP contribution in [0.25, 0.3) is 0 Å². The Labute approximate surface area is 482 Å². The molecular weight excluding hydrogens is 949 g/mol. The number of ether oxygens (including phenoxy) is 3. The smallest absolute Gasteiger partial charge is 0.315 e. The van der Waals surface area contributed by atoms with E-state index in [1.54, 1.807) is 7.11 Å². The van der Waals surface area contributed by atoms with Crippen LogP contribution in [0.3, 0.4) is 0 Å². The van der Waals surface area contributed by atoms with Crippen molar-refractivity contribution in [2.24, 2.45) is 49.2 Å². The summed E-state index contributed by atoms with van der Waals surface area (Å²) < 4.78 is 14.5. The number of carbonyl (C=O) groups is 2. The van der Waals surface area contributed by atoms with Gasteiger partial charge in [-0.15, -0.1) is 0 Å². The quantitative estimate of drug-likeness (QED) is 0.242. The summed E-state index contributed by atoms with van der Waals surface area (Å²) in [6.07, 6.45) is 7.26. The van der Waals surface area contributed by atoms with Crippen molar-refractivity contribution in [2.45, 2.75) is 284 Å². The Morgan fingerprint density at radius 2 is 0.818 bits per heavy atom. The van der Waals surface area contributed by atoms with E-state index in [-0.39, 0.29) is 33.8 Å². The van der Waals surface area contributed by atoms with Crippen molar-refractivity contribution in [1.82, 2.24) is 0 Å². The molecule has 7 heteroatoms. The third-order valence-electron chi connectivity index (χ3n) is 11.3. The Morgan fingerprint density at radius 1 is 0.481 bits per heavy atom. The van der Waals surface area contributed by atoms with Gasteiger partial charge in [-0.25, -0.2) is 0 Å². The second kappa shape index (κ2) is 40.5. The minimum Gasteiger partial charge on any atom is -0.469 e. The normalized spacial score (nSPS) is 12.1. The van der Waals surface area contributed by atoms with E-state index in [4.69, 9.17) is 20.0 Å². The summed E-state index contributed by atoms with van der Waals surface area (Å²) >= 11 is 0. The molecule has 77 heavy (non-hydrogen) atoms. The predicted molar refractivity (Wildman–Crippen MR) is 340 cm³/mol. The first-order valence-electron chi connectivity index (χ1n) is 28.7. The average molecular weight is 1080 g/mol. The van der Waals surface area contributed by atoms with Gasteiger partial charge in [0, 0.05) is 12.5 Å². The molecule has 0 spiro atoms. The van der Waals surface area contributed by atoms with Crippen LogP contribution >= 0.6 is 0 Å². The van der Waals surface area contributed by atoms with E-state index in [2.05, 4.69) is 193 Å². The molecule has 0 saturated heterocycles. The fraction of sp³-hybridized carbons (Fsp3) is 0.771. The van der Waals surface area contributed by atoms with Gasteiger partial charge < -0.3 is 14.2 Å². The number of nitriles is 2. The molecule has 2 aromatic rings. The van der Waals surface area contributed by atoms with Crippen LogP contribution in [0.1, 0.15) is 284 Å². The molecule has 0 amide bonds. The molecule has 2 aromatic carbocycles. The fourth-order valence-corrected chi connectivity index (χ4v) is 6.58. The summed E-state index contributed by atoms with van der Waals surface area (Å²) in [6, 6.07) is 24.4. The zero-order valence-corrected chi connectivity index (χ0v) is 58.1. The maximum atomic E-state index is 11.4. The lowest BCUT2D eigenvalue weighted by molar-refractivity contribution is -0.149. The molecule has 0 aliphatic rings. The van der Waals surface area contributed by atoms with Crippen LogP contribution in [-0.4, -0.2) is 38.9 Å². The van der Waals surface area contributed by atoms with Crippen LogP contribution in [0.5, 0.6) is 0 Å². The molecule has 0 heterocycles. The summed E-state index contributed by atoms with van der Waals surface area (Å²) in [4.78, 5) is 22.0. The maximum absolute atomic E-state index is 11.4. The summed E-state index contributed by atoms with van der Waals surface area (Å²) in [5.41, 5.74) is 3.63. The van der Waals surface area contributed by atoms with Gasteiger partial charge in [-0.2, -0.15) is 10.5 Å². The van der Waals surface area contributed by atoms with Crippen molar-refractivity contribution in [2.75, 3.05) is 21.3 Å². The predicted octanol–water partition coefficient (Wildman–Crippen LogP) is 21.9. The van der Waals surface area contributed by atoms with Gasteiger partial charge in [0.25, 0.3) is 0 Å². The first kappa shape index (κ1) is 87.2. The number of carbonyl (C=O) groups excluding carboxylic acids is 2. The van der Waals surface area contributed by atoms with E-state index in [9.17, 15) is 9.59 Å². The minimum atomic E-state index is -0.560. The maximum Gasteiger partial charge on any atom is 0.315 e. The van der Waals surface area contributed by atoms with E-state index in [1.165, 1.54) is 45.5 Å². The van der Waals surface area contributed by atoms with Crippen LogP contribution in [0, 0.1) is 71.9 Å². The second-order valence-corrected chi connectivity index (χ2v) is 30.7. The Hall–Kier alpha value is -3.68. The molecule has 0 aliphatic carbocycles. The van der Waals surface area contributed by atoms with Gasteiger partial charge >= 0.3 is 11.9 Å². The van der Waals surface area contributed by atoms with E-state index in [1.807, 2.05) is 113 Å². The minimum absolute atomic E-state index is 0.0260. The molecule has 1 atom stereocenters. The van der Waals surface area contributed by atoms with E-state index < -0.39 is 5.41 Å². The standard InChI is InChI=1S/C11H14O2.C9H20O.C9H12.2C9H20.C6H11N.C6H12O2.C6H14.C5H9N/c1-11(2,10(12)13-3)9-7-5-4-6-8-9;1-8(2,3)7-9(4,5)10-6;1-8(2)9-6-4-3-5-7-9;1-8(2,3)7-9(4,5)6;1-6-8(2)7-9(3,4)5;1-4-6(2,3)5-7;1-6(2,3)5(7)8-4;1-5-6(2,3)4;1-5(2,3)4-6/h4-8H,1-3H3;7H2,1-6H3;3-8H,1-2H3;7H2,1-6H3;8H,6-7H2,1-5H3;4H2,1-3H3;1-4H3;5H2,1-4H3;1-3H3. The second-order valence-electron chi connectivity index (χ2n) is 30.7. The number of esters is 2. The monoisotopic (exact) mass is 1080 g/mol. The third kappa shape index (κ3) is 68.4. The third-order valence-corrected chi connectivity index (χ3v) is 11.3. The van der Waals surface area contributed by atoms with Gasteiger partial charge in [-0.1, -0.05) is 219 Å². The number of hydrogen-bond acceptors (Lipinski definition) is 7. The SMILES string of the molecule is CC(C)(C)C#N.CC(C)(C)CC(C)(C)C.CC(C)c1ccccc1.CCC(C)(C)C.CCC(C)(C)C#N.CCC(C)CC(C)(C)C.COC(=O)C(C)(C)C.COC(=O)C(C)(C)c1ccccc1.COC(C)(C)CC(C)(C)C. The topological polar surface area (TPSA) is 109 Å². The summed E-state index contributed by atoms with van der Waals surface area (Å²) in [7, 11) is 4.58. The van der Waals surface area contributed by atoms with Crippen molar-refractivity contribution >= 4 is 11.9 Å². The van der Waals surface area contributed by atoms with Gasteiger partial charge in [0.1, 0.15) is 0 Å². The van der Waals surface area contributed by atoms with Gasteiger partial charge in [0.15, 0.2) is 0 Å². The molecule has 0 N–H and O–H groups in total. The first-order chi connectivity index (χ1) is 34.0. The van der Waals surface area contributed by atoms with Crippen LogP contribution in [0.15, 0.2) is 60.7 Å². The zero-order valence-electron chi connectivity index (χ0n) is 58.1. The van der Waals surface area contributed by atoms with Crippen LogP contribution in [0.4, 0.5) is 0 Å². The van der Waals surface area contributed by atoms with Crippen molar-refractivity contribution in [1.29, 1.82) is 10.5 Å². The van der Waals surface area contributed by atoms with Gasteiger partial charge in [0.05, 0.1) is 48.2 Å². The van der Waals surface area contributed by atoms with Crippen molar-refractivity contribution in [3.63, 3.8) is 0 Å². The Morgan fingerprint density at radius 3 is 0.948 bits per heavy atom. The number of nitrogens with zero attached hydrogens (tertiary/aromatic N) is 2. The summed E-state index contributed by atoms with van der Waals surface area (Å²) in [6.45, 7) is 70.2. The fourth-order valence-electron chi connectivity index (χ4n) is 6.58. The number of methoxy groups -OCH3 is 3. The summed E-state index contributed by atoms with van der Waals surface area (Å²) in [5.74, 6) is 1.17. The number of rotatable bonds is 8. The van der Waals surface area contributed by atoms with E-state index in [0.717, 1.165) is 24.3 Å². The van der Waals surface area contributed by atoms with Gasteiger partial charge in [-0.3, -0.25) is 9.59 Å². The molecular formula is C70H132N2O5. The van der Waals surface area contributed by atoms with Gasteiger partial charge in [-0.05, 0) is 159 Å². The van der Waals surface area contributed by atoms with Crippen LogP contribution in [0.2, 0.25) is 0 Å². The summed E-state index contributed by atoms with van der Waals surface area (Å²) in [5, 5.41) is 16.5. The largest absolute Gasteiger partial charge is 0.469 e. The van der Waals surface area contributed by atoms with E-state index in [0.29, 0.717) is 33.0 Å². The number of hydrogen-bond donors (Lipinski definition) is 0. The molecule has 2 rings (SSSR count). The Kier molecular flexibility index (Phi) is 45.8. The van der Waals surface area contributed by atoms with E-state index >= 15 is 0 Å². The molecule has 0 fully saturated rings. The Balaban J connectivity index is -0.000000145. The lowest BCUT2D eigenvalue weighted by atomic mass is 9.78. The lowest BCUT2D eigenvalue weighted by Gasteiger charge is -2.30. The molecule has 452 valence electrons. The van der Waals surface area contributed by atoms with Crippen molar-refractivity contribution < 1.29 is 23.8 Å². The number of benzene rings is 2. The molecule has 0 aromatic heterocycles. The highest BCUT2D eigenvalue weighted by molar-refractivity contribution is 5.82. The lowest BCUT2D eigenvalue weighted by Crippen LogP contribution is -2.29. The van der Waals surface area contributed by atoms with Crippen molar-refractivity contribution in [3.05, 3.63) is 71.8 Å². The highest BCUT2D eigenvalue weighted by Gasteiger charge is 2.30. The zero-order chi connectivity index (χ0) is 63.3. The average Bonchev–Trinajstić information content (AvgIpc) is 3.27.